The first kappa shape index (κ1) is 14.5. The molecule has 0 saturated heterocycles. The second-order valence-electron chi connectivity index (χ2n) is 9.29. The number of nitrogens with zero attached hydrogens (tertiary/aromatic N) is 1. The van der Waals surface area contributed by atoms with E-state index in [-0.39, 0.29) is 0 Å². The van der Waals surface area contributed by atoms with Gasteiger partial charge in [0.15, 0.2) is 0 Å². The summed E-state index contributed by atoms with van der Waals surface area (Å²) < 4.78 is 0. The molecule has 4 aliphatic carbocycles. The lowest BCUT2D eigenvalue weighted by atomic mass is 9.82. The van der Waals surface area contributed by atoms with E-state index in [2.05, 4.69) is 11.8 Å². The molecule has 120 valence electrons. The Balaban J connectivity index is 1.32. The lowest BCUT2D eigenvalue weighted by molar-refractivity contribution is 0.137. The van der Waals surface area contributed by atoms with Crippen LogP contribution in [0, 0.1) is 22.7 Å². The van der Waals surface area contributed by atoms with Crippen molar-refractivity contribution >= 4 is 0 Å². The molecule has 0 N–H and O–H groups in total. The van der Waals surface area contributed by atoms with Gasteiger partial charge in [-0.3, -0.25) is 0 Å². The van der Waals surface area contributed by atoms with E-state index in [0.29, 0.717) is 0 Å². The minimum Gasteiger partial charge on any atom is -0.303 e. The van der Waals surface area contributed by atoms with Gasteiger partial charge < -0.3 is 4.90 Å². The largest absolute Gasteiger partial charge is 0.303 e. The second kappa shape index (κ2) is 5.55. The fraction of sp³-hybridized carbons (Fsp3) is 1.00. The first-order valence-corrected chi connectivity index (χ1v) is 9.93. The summed E-state index contributed by atoms with van der Waals surface area (Å²) in [6.45, 7) is 6.54. The maximum atomic E-state index is 2.85. The Bertz CT molecular complexity index is 360. The van der Waals surface area contributed by atoms with Gasteiger partial charge in [0.2, 0.25) is 0 Å². The molecule has 1 spiro atoms. The molecule has 4 saturated carbocycles. The standard InChI is InChI=1S/C20H35N/c1-2-21(16-20-11-5-17(13-20)6-12-20)15-18-7-10-19(14-18)8-3-4-9-19/h17-18H,2-16H2,1H3. The van der Waals surface area contributed by atoms with Crippen LogP contribution in [0.15, 0.2) is 0 Å². The predicted octanol–water partition coefficient (Wildman–Crippen LogP) is 5.25. The van der Waals surface area contributed by atoms with E-state index in [1.54, 1.807) is 57.8 Å². The van der Waals surface area contributed by atoms with E-state index in [4.69, 9.17) is 0 Å². The van der Waals surface area contributed by atoms with Gasteiger partial charge in [-0.25, -0.2) is 0 Å². The Morgan fingerprint density at radius 2 is 1.67 bits per heavy atom. The van der Waals surface area contributed by atoms with Crippen LogP contribution in [-0.4, -0.2) is 24.5 Å². The van der Waals surface area contributed by atoms with Crippen LogP contribution in [0.4, 0.5) is 0 Å². The summed E-state index contributed by atoms with van der Waals surface area (Å²) >= 11 is 0. The third-order valence-corrected chi connectivity index (χ3v) is 7.88. The molecule has 1 unspecified atom stereocenters. The van der Waals surface area contributed by atoms with Crippen molar-refractivity contribution in [1.82, 2.24) is 4.90 Å². The molecule has 0 aromatic carbocycles. The van der Waals surface area contributed by atoms with Crippen LogP contribution in [0.1, 0.15) is 84.0 Å². The topological polar surface area (TPSA) is 3.24 Å². The zero-order valence-corrected chi connectivity index (χ0v) is 14.2. The smallest absolute Gasteiger partial charge is 0.00381 e. The minimum absolute atomic E-state index is 0.754. The van der Waals surface area contributed by atoms with Crippen LogP contribution >= 0.6 is 0 Å². The molecule has 0 radical (unpaired) electrons. The lowest BCUT2D eigenvalue weighted by Crippen LogP contribution is -2.38. The molecule has 1 nitrogen and oxygen atoms in total. The molecule has 0 amide bonds. The van der Waals surface area contributed by atoms with Crippen molar-refractivity contribution in [2.75, 3.05) is 19.6 Å². The normalized spacial score (nSPS) is 40.9. The van der Waals surface area contributed by atoms with E-state index in [1.807, 2.05) is 0 Å². The van der Waals surface area contributed by atoms with Crippen LogP contribution in [0.5, 0.6) is 0 Å². The Morgan fingerprint density at radius 3 is 2.29 bits per heavy atom. The summed E-state index contributed by atoms with van der Waals surface area (Å²) in [5, 5.41) is 0. The Hall–Kier alpha value is -0.0400. The van der Waals surface area contributed by atoms with Gasteiger partial charge in [-0.15, -0.1) is 0 Å². The molecule has 1 heteroatoms. The van der Waals surface area contributed by atoms with Gasteiger partial charge in [-0.1, -0.05) is 19.8 Å². The van der Waals surface area contributed by atoms with E-state index < -0.39 is 0 Å². The van der Waals surface area contributed by atoms with Crippen LogP contribution in [0.25, 0.3) is 0 Å². The predicted molar refractivity (Wildman–Crippen MR) is 89.4 cm³/mol. The summed E-state index contributed by atoms with van der Waals surface area (Å²) in [7, 11) is 0. The van der Waals surface area contributed by atoms with Gasteiger partial charge in [-0.2, -0.15) is 0 Å². The summed E-state index contributed by atoms with van der Waals surface area (Å²) in [4.78, 5) is 2.85. The van der Waals surface area contributed by atoms with Gasteiger partial charge in [0.05, 0.1) is 0 Å². The van der Waals surface area contributed by atoms with Gasteiger partial charge in [-0.05, 0) is 93.4 Å². The summed E-state index contributed by atoms with van der Waals surface area (Å²) in [6, 6.07) is 0. The van der Waals surface area contributed by atoms with Crippen LogP contribution in [-0.2, 0) is 0 Å². The van der Waals surface area contributed by atoms with E-state index >= 15 is 0 Å². The highest BCUT2D eigenvalue weighted by Gasteiger charge is 2.46. The highest BCUT2D eigenvalue weighted by molar-refractivity contribution is 4.98. The Kier molecular flexibility index (Phi) is 3.84. The molecule has 4 rings (SSSR count). The zero-order chi connectivity index (χ0) is 14.3. The van der Waals surface area contributed by atoms with Crippen molar-refractivity contribution in [3.63, 3.8) is 0 Å². The molecular formula is C20H35N. The van der Waals surface area contributed by atoms with Crippen molar-refractivity contribution in [1.29, 1.82) is 0 Å². The van der Waals surface area contributed by atoms with Crippen LogP contribution < -0.4 is 0 Å². The average molecular weight is 290 g/mol. The fourth-order valence-electron chi connectivity index (χ4n) is 6.74. The van der Waals surface area contributed by atoms with Gasteiger partial charge in [0, 0.05) is 13.1 Å². The lowest BCUT2D eigenvalue weighted by Gasteiger charge is -2.35. The Labute approximate surface area is 131 Å². The third kappa shape index (κ3) is 2.80. The highest BCUT2D eigenvalue weighted by Crippen LogP contribution is 2.55. The first-order chi connectivity index (χ1) is 10.2. The van der Waals surface area contributed by atoms with Gasteiger partial charge in [0.1, 0.15) is 0 Å². The molecule has 21 heavy (non-hydrogen) atoms. The van der Waals surface area contributed by atoms with Crippen molar-refractivity contribution < 1.29 is 0 Å². The summed E-state index contributed by atoms with van der Waals surface area (Å²) in [6.07, 6.45) is 18.6. The molecule has 2 bridgehead atoms. The molecule has 0 heterocycles. The third-order valence-electron chi connectivity index (χ3n) is 7.88. The van der Waals surface area contributed by atoms with Crippen molar-refractivity contribution in [3.8, 4) is 0 Å². The average Bonchev–Trinajstić information content (AvgIpc) is 3.25. The molecule has 1 atom stereocenters. The molecule has 4 fully saturated rings. The summed E-state index contributed by atoms with van der Waals surface area (Å²) in [5.41, 5.74) is 1.57. The monoisotopic (exact) mass is 289 g/mol. The summed E-state index contributed by atoms with van der Waals surface area (Å²) in [5.74, 6) is 2.13. The molecule has 4 aliphatic rings. The van der Waals surface area contributed by atoms with Crippen molar-refractivity contribution in [2.24, 2.45) is 22.7 Å². The van der Waals surface area contributed by atoms with Gasteiger partial charge >= 0.3 is 0 Å². The number of rotatable bonds is 5. The first-order valence-electron chi connectivity index (χ1n) is 9.93. The van der Waals surface area contributed by atoms with E-state index in [1.165, 1.54) is 38.9 Å². The number of hydrogen-bond acceptors (Lipinski definition) is 1. The molecular weight excluding hydrogens is 254 g/mol. The maximum Gasteiger partial charge on any atom is 0.00381 e. The van der Waals surface area contributed by atoms with E-state index in [9.17, 15) is 0 Å². The quantitative estimate of drug-likeness (QED) is 0.668. The van der Waals surface area contributed by atoms with Crippen molar-refractivity contribution in [3.05, 3.63) is 0 Å². The van der Waals surface area contributed by atoms with E-state index in [0.717, 1.165) is 22.7 Å². The number of fused-ring (bicyclic) bond motifs is 2. The molecule has 0 aromatic heterocycles. The fourth-order valence-corrected chi connectivity index (χ4v) is 6.74. The molecule has 0 aromatic rings. The van der Waals surface area contributed by atoms with Crippen molar-refractivity contribution in [2.45, 2.75) is 84.0 Å². The number of hydrogen-bond donors (Lipinski definition) is 0. The second-order valence-corrected chi connectivity index (χ2v) is 9.29. The van der Waals surface area contributed by atoms with Crippen LogP contribution in [0.2, 0.25) is 0 Å². The SMILES string of the molecule is CCN(CC1CCC2(CCCC2)C1)CC12CCC(CC1)C2. The zero-order valence-electron chi connectivity index (χ0n) is 14.2. The minimum atomic E-state index is 0.754. The Morgan fingerprint density at radius 1 is 0.905 bits per heavy atom. The maximum absolute atomic E-state index is 2.85. The van der Waals surface area contributed by atoms with Gasteiger partial charge in [0.25, 0.3) is 0 Å². The van der Waals surface area contributed by atoms with Crippen LogP contribution in [0.3, 0.4) is 0 Å². The molecule has 0 aliphatic heterocycles. The highest BCUT2D eigenvalue weighted by atomic mass is 15.1.